The van der Waals surface area contributed by atoms with Crippen molar-refractivity contribution in [3.05, 3.63) is 34.3 Å². The molecule has 0 bridgehead atoms. The summed E-state index contributed by atoms with van der Waals surface area (Å²) in [5.74, 6) is 2.58. The number of terminal acetylenes is 1. The van der Waals surface area contributed by atoms with Crippen LogP contribution in [0.25, 0.3) is 5.57 Å². The van der Waals surface area contributed by atoms with E-state index in [1.807, 2.05) is 6.08 Å². The van der Waals surface area contributed by atoms with Gasteiger partial charge in [0.2, 0.25) is 0 Å². The summed E-state index contributed by atoms with van der Waals surface area (Å²) in [5.41, 5.74) is 1.27. The first-order valence-electron chi connectivity index (χ1n) is 3.68. The van der Waals surface area contributed by atoms with Gasteiger partial charge in [0.05, 0.1) is 11.1 Å². The van der Waals surface area contributed by atoms with Gasteiger partial charge in [0.15, 0.2) is 0 Å². The van der Waals surface area contributed by atoms with Crippen LogP contribution in [0.3, 0.4) is 0 Å². The van der Waals surface area contributed by atoms with Crippen LogP contribution in [0.5, 0.6) is 0 Å². The van der Waals surface area contributed by atoms with Crippen LogP contribution in [0, 0.1) is 12.3 Å². The highest BCUT2D eigenvalue weighted by atomic mass is 32.1. The normalized spacial score (nSPS) is 14.4. The SMILES string of the molecule is C#Cc1cnc(C2=CC=CC2)s1. The Morgan fingerprint density at radius 3 is 3.08 bits per heavy atom. The van der Waals surface area contributed by atoms with Crippen molar-refractivity contribution in [2.45, 2.75) is 6.42 Å². The first kappa shape index (κ1) is 7.33. The number of aromatic nitrogens is 1. The molecule has 2 heteroatoms. The highest BCUT2D eigenvalue weighted by Crippen LogP contribution is 2.26. The molecule has 0 aromatic carbocycles. The van der Waals surface area contributed by atoms with Gasteiger partial charge >= 0.3 is 0 Å². The minimum absolute atomic E-state index is 0.901. The summed E-state index contributed by atoms with van der Waals surface area (Å²) in [6.45, 7) is 0. The third-order valence-corrected chi connectivity index (χ3v) is 2.70. The Morgan fingerprint density at radius 1 is 1.58 bits per heavy atom. The smallest absolute Gasteiger partial charge is 0.120 e. The summed E-state index contributed by atoms with van der Waals surface area (Å²) in [6.07, 6.45) is 14.2. The number of hydrogen-bond donors (Lipinski definition) is 0. The molecule has 2 rings (SSSR count). The fraction of sp³-hybridized carbons (Fsp3) is 0.100. The third kappa shape index (κ3) is 1.19. The maximum absolute atomic E-state index is 5.25. The van der Waals surface area contributed by atoms with E-state index in [9.17, 15) is 0 Å². The van der Waals surface area contributed by atoms with E-state index in [2.05, 4.69) is 23.1 Å². The summed E-state index contributed by atoms with van der Waals surface area (Å²) in [7, 11) is 0. The van der Waals surface area contributed by atoms with E-state index in [-0.39, 0.29) is 0 Å². The predicted molar refractivity (Wildman–Crippen MR) is 51.8 cm³/mol. The summed E-state index contributed by atoms with van der Waals surface area (Å²) in [5, 5.41) is 1.05. The Balaban J connectivity index is 2.31. The van der Waals surface area contributed by atoms with Crippen molar-refractivity contribution in [3.8, 4) is 12.3 Å². The lowest BCUT2D eigenvalue weighted by molar-refractivity contribution is 1.32. The fourth-order valence-electron chi connectivity index (χ4n) is 1.10. The van der Waals surface area contributed by atoms with E-state index in [1.165, 1.54) is 5.57 Å². The van der Waals surface area contributed by atoms with Crippen molar-refractivity contribution in [1.29, 1.82) is 0 Å². The van der Waals surface area contributed by atoms with Crippen molar-refractivity contribution in [1.82, 2.24) is 4.98 Å². The third-order valence-electron chi connectivity index (χ3n) is 1.69. The lowest BCUT2D eigenvalue weighted by Crippen LogP contribution is -1.75. The Labute approximate surface area is 75.5 Å². The molecule has 0 unspecified atom stereocenters. The molecule has 1 aromatic rings. The second kappa shape index (κ2) is 2.96. The van der Waals surface area contributed by atoms with Gasteiger partial charge in [0.25, 0.3) is 0 Å². The van der Waals surface area contributed by atoms with E-state index in [0.717, 1.165) is 16.3 Å². The molecule has 0 spiro atoms. The minimum atomic E-state index is 0.901. The van der Waals surface area contributed by atoms with Crippen LogP contribution in [0.2, 0.25) is 0 Å². The molecule has 0 saturated carbocycles. The van der Waals surface area contributed by atoms with Gasteiger partial charge in [-0.3, -0.25) is 0 Å². The Morgan fingerprint density at radius 2 is 2.50 bits per heavy atom. The highest BCUT2D eigenvalue weighted by molar-refractivity contribution is 7.13. The van der Waals surface area contributed by atoms with Crippen LogP contribution in [0.15, 0.2) is 24.4 Å². The zero-order chi connectivity index (χ0) is 8.39. The average molecular weight is 173 g/mol. The van der Waals surface area contributed by atoms with Crippen LogP contribution < -0.4 is 0 Å². The molecule has 1 heterocycles. The van der Waals surface area contributed by atoms with E-state index >= 15 is 0 Å². The quantitative estimate of drug-likeness (QED) is 0.594. The van der Waals surface area contributed by atoms with Gasteiger partial charge in [-0.15, -0.1) is 17.8 Å². The number of hydrogen-bond acceptors (Lipinski definition) is 2. The van der Waals surface area contributed by atoms with E-state index < -0.39 is 0 Å². The van der Waals surface area contributed by atoms with Crippen LogP contribution in [0.4, 0.5) is 0 Å². The maximum atomic E-state index is 5.25. The van der Waals surface area contributed by atoms with Crippen molar-refractivity contribution in [3.63, 3.8) is 0 Å². The summed E-state index contributed by atoms with van der Waals surface area (Å²) in [4.78, 5) is 5.14. The van der Waals surface area contributed by atoms with Crippen LogP contribution in [-0.2, 0) is 0 Å². The first-order chi connectivity index (χ1) is 5.90. The predicted octanol–water partition coefficient (Wildman–Crippen LogP) is 2.47. The van der Waals surface area contributed by atoms with Crippen LogP contribution >= 0.6 is 11.3 Å². The minimum Gasteiger partial charge on any atom is -0.244 e. The highest BCUT2D eigenvalue weighted by Gasteiger charge is 2.06. The number of thiazole rings is 1. The lowest BCUT2D eigenvalue weighted by Gasteiger charge is -1.91. The monoisotopic (exact) mass is 173 g/mol. The first-order valence-corrected chi connectivity index (χ1v) is 4.50. The van der Waals surface area contributed by atoms with Crippen molar-refractivity contribution in [2.75, 3.05) is 0 Å². The van der Waals surface area contributed by atoms with Crippen molar-refractivity contribution in [2.24, 2.45) is 0 Å². The molecular formula is C10H7NS. The van der Waals surface area contributed by atoms with Gasteiger partial charge in [-0.2, -0.15) is 0 Å². The Bertz CT molecular complexity index is 390. The van der Waals surface area contributed by atoms with Crippen molar-refractivity contribution < 1.29 is 0 Å². The molecule has 1 aliphatic rings. The van der Waals surface area contributed by atoms with Crippen LogP contribution in [0.1, 0.15) is 16.3 Å². The molecule has 0 amide bonds. The van der Waals surface area contributed by atoms with Crippen LogP contribution in [-0.4, -0.2) is 4.98 Å². The molecule has 58 valence electrons. The van der Waals surface area contributed by atoms with Crippen molar-refractivity contribution >= 4 is 16.9 Å². The second-order valence-corrected chi connectivity index (χ2v) is 3.53. The van der Waals surface area contributed by atoms with Gasteiger partial charge in [-0.05, 0) is 12.0 Å². The maximum Gasteiger partial charge on any atom is 0.120 e. The summed E-state index contributed by atoms with van der Waals surface area (Å²) in [6, 6.07) is 0. The summed E-state index contributed by atoms with van der Waals surface area (Å²) >= 11 is 1.57. The molecule has 1 aromatic heterocycles. The molecular weight excluding hydrogens is 166 g/mol. The average Bonchev–Trinajstić information content (AvgIpc) is 2.75. The fourth-order valence-corrected chi connectivity index (χ4v) is 1.86. The molecule has 0 N–H and O–H groups in total. The molecule has 1 aliphatic carbocycles. The molecule has 1 nitrogen and oxygen atoms in total. The van der Waals surface area contributed by atoms with Gasteiger partial charge in [-0.1, -0.05) is 24.1 Å². The number of nitrogens with zero attached hydrogens (tertiary/aromatic N) is 1. The lowest BCUT2D eigenvalue weighted by atomic mass is 10.2. The molecule has 12 heavy (non-hydrogen) atoms. The zero-order valence-electron chi connectivity index (χ0n) is 6.45. The van der Waals surface area contributed by atoms with E-state index in [4.69, 9.17) is 6.42 Å². The zero-order valence-corrected chi connectivity index (χ0v) is 7.27. The van der Waals surface area contributed by atoms with Gasteiger partial charge in [0.1, 0.15) is 5.01 Å². The molecule has 0 atom stereocenters. The number of allylic oxidation sites excluding steroid dienone is 4. The molecule has 0 saturated heterocycles. The second-order valence-electron chi connectivity index (χ2n) is 2.50. The number of rotatable bonds is 1. The summed E-state index contributed by atoms with van der Waals surface area (Å²) < 4.78 is 0. The largest absolute Gasteiger partial charge is 0.244 e. The van der Waals surface area contributed by atoms with Gasteiger partial charge < -0.3 is 0 Å². The Kier molecular flexibility index (Phi) is 1.81. The molecule has 0 radical (unpaired) electrons. The standard InChI is InChI=1S/C10H7NS/c1-2-9-7-11-10(12-9)8-5-3-4-6-8/h1,3-5,7H,6H2. The van der Waals surface area contributed by atoms with E-state index in [1.54, 1.807) is 17.5 Å². The Hall–Kier alpha value is -1.33. The topological polar surface area (TPSA) is 12.9 Å². The van der Waals surface area contributed by atoms with E-state index in [0.29, 0.717) is 0 Å². The molecule has 0 aliphatic heterocycles. The molecule has 0 fully saturated rings. The van der Waals surface area contributed by atoms with Gasteiger partial charge in [0, 0.05) is 0 Å². The van der Waals surface area contributed by atoms with Gasteiger partial charge in [-0.25, -0.2) is 4.98 Å².